The molecule has 0 aliphatic carbocycles. The van der Waals surface area contributed by atoms with Gasteiger partial charge in [0, 0.05) is 5.39 Å². The van der Waals surface area contributed by atoms with Gasteiger partial charge in [0.15, 0.2) is 5.58 Å². The third kappa shape index (κ3) is 2.23. The molecule has 0 saturated heterocycles. The predicted octanol–water partition coefficient (Wildman–Crippen LogP) is 1.55. The Hall–Kier alpha value is -3.11. The van der Waals surface area contributed by atoms with Crippen molar-refractivity contribution in [2.75, 3.05) is 0 Å². The van der Waals surface area contributed by atoms with E-state index in [0.717, 1.165) is 0 Å². The van der Waals surface area contributed by atoms with Gasteiger partial charge in [0.05, 0.1) is 31.9 Å². The monoisotopic (exact) mass is 393 g/mol. The van der Waals surface area contributed by atoms with E-state index in [-0.39, 0.29) is 30.4 Å². The van der Waals surface area contributed by atoms with Gasteiger partial charge in [-0.2, -0.15) is 0 Å². The minimum absolute atomic E-state index is 0.0918. The fraction of sp³-hybridized carbons (Fsp3) is 0. The molecule has 0 fully saturated rings. The lowest BCUT2D eigenvalue weighted by atomic mass is 10.2. The molecule has 0 amide bonds. The summed E-state index contributed by atoms with van der Waals surface area (Å²) >= 11 is 5.96. The maximum Gasteiger partial charge on any atom is 0.362 e. The molecule has 0 aliphatic rings. The number of aromatic nitrogens is 3. The van der Waals surface area contributed by atoms with Crippen molar-refractivity contribution in [3.8, 4) is 0 Å². The molecule has 4 aromatic rings. The highest BCUT2D eigenvalue weighted by atomic mass is 35.5. The highest BCUT2D eigenvalue weighted by Crippen LogP contribution is 2.30. The Labute approximate surface area is 148 Å². The lowest BCUT2D eigenvalue weighted by Crippen LogP contribution is -2.33. The summed E-state index contributed by atoms with van der Waals surface area (Å²) in [4.78, 5) is 25.6. The third-order valence-electron chi connectivity index (χ3n) is 3.87. The SMILES string of the molecule is O=c1[nH]c2c(S(=O)(=O)c3ccc4oncc4c3)ccc(Cl)c2c(=O)n1O. The molecule has 26 heavy (non-hydrogen) atoms. The van der Waals surface area contributed by atoms with Gasteiger partial charge in [0.2, 0.25) is 9.84 Å². The van der Waals surface area contributed by atoms with Crippen molar-refractivity contribution in [3.63, 3.8) is 0 Å². The van der Waals surface area contributed by atoms with E-state index in [1.807, 2.05) is 0 Å². The topological polar surface area (TPSA) is 135 Å². The van der Waals surface area contributed by atoms with Gasteiger partial charge in [0.25, 0.3) is 5.56 Å². The van der Waals surface area contributed by atoms with Crippen LogP contribution in [0.4, 0.5) is 0 Å². The number of aromatic amines is 1. The molecule has 0 atom stereocenters. The zero-order valence-corrected chi connectivity index (χ0v) is 14.2. The van der Waals surface area contributed by atoms with Gasteiger partial charge >= 0.3 is 5.69 Å². The quantitative estimate of drug-likeness (QED) is 0.493. The highest BCUT2D eigenvalue weighted by molar-refractivity contribution is 7.91. The zero-order valence-electron chi connectivity index (χ0n) is 12.6. The number of hydrogen-bond acceptors (Lipinski definition) is 7. The van der Waals surface area contributed by atoms with Crippen LogP contribution in [0.15, 0.2) is 60.4 Å². The van der Waals surface area contributed by atoms with E-state index >= 15 is 0 Å². The maximum atomic E-state index is 13.0. The van der Waals surface area contributed by atoms with Gasteiger partial charge in [0.1, 0.15) is 0 Å². The van der Waals surface area contributed by atoms with Crippen LogP contribution in [0.5, 0.6) is 0 Å². The first-order valence-corrected chi connectivity index (χ1v) is 8.93. The van der Waals surface area contributed by atoms with Crippen LogP contribution in [0.25, 0.3) is 21.9 Å². The Morgan fingerprint density at radius 2 is 1.96 bits per heavy atom. The molecule has 2 N–H and O–H groups in total. The standard InChI is InChI=1S/C15H8ClN3O6S/c16-9-2-4-11(13-12(9)14(20)19(22)15(21)18-13)26(23,24)8-1-3-10-7(5-8)6-17-25-10/h1-6,22H,(H,18,21). The zero-order chi connectivity index (χ0) is 18.6. The van der Waals surface area contributed by atoms with Crippen molar-refractivity contribution in [3.05, 3.63) is 62.4 Å². The largest absolute Gasteiger partial charge is 0.421 e. The summed E-state index contributed by atoms with van der Waals surface area (Å²) in [5.74, 6) is 0. The van der Waals surface area contributed by atoms with Crippen LogP contribution in [0.1, 0.15) is 0 Å². The van der Waals surface area contributed by atoms with Gasteiger partial charge < -0.3 is 14.7 Å². The second kappa shape index (κ2) is 5.44. The number of H-pyrrole nitrogens is 1. The summed E-state index contributed by atoms with van der Waals surface area (Å²) in [6.07, 6.45) is 1.36. The van der Waals surface area contributed by atoms with Crippen molar-refractivity contribution >= 4 is 43.3 Å². The third-order valence-corrected chi connectivity index (χ3v) is 5.98. The molecule has 0 bridgehead atoms. The Morgan fingerprint density at radius 3 is 2.73 bits per heavy atom. The lowest BCUT2D eigenvalue weighted by Gasteiger charge is -2.09. The molecular formula is C15H8ClN3O6S. The average Bonchev–Trinajstić information content (AvgIpc) is 3.07. The first-order valence-electron chi connectivity index (χ1n) is 7.07. The summed E-state index contributed by atoms with van der Waals surface area (Å²) in [7, 11) is -4.13. The molecule has 0 aliphatic heterocycles. The molecule has 0 unspecified atom stereocenters. The van der Waals surface area contributed by atoms with Crippen LogP contribution in [0, 0.1) is 0 Å². The fourth-order valence-electron chi connectivity index (χ4n) is 2.62. The van der Waals surface area contributed by atoms with Crippen LogP contribution in [-0.2, 0) is 9.84 Å². The van der Waals surface area contributed by atoms with E-state index in [1.165, 1.54) is 36.5 Å². The van der Waals surface area contributed by atoms with Gasteiger partial charge in [-0.15, -0.1) is 0 Å². The van der Waals surface area contributed by atoms with E-state index in [4.69, 9.17) is 16.1 Å². The minimum atomic E-state index is -4.13. The molecule has 0 radical (unpaired) electrons. The Bertz CT molecular complexity index is 1420. The fourth-order valence-corrected chi connectivity index (χ4v) is 4.31. The van der Waals surface area contributed by atoms with E-state index in [0.29, 0.717) is 11.0 Å². The first-order chi connectivity index (χ1) is 12.3. The lowest BCUT2D eigenvalue weighted by molar-refractivity contribution is 0.162. The van der Waals surface area contributed by atoms with E-state index in [9.17, 15) is 23.2 Å². The van der Waals surface area contributed by atoms with Crippen molar-refractivity contribution < 1.29 is 18.1 Å². The second-order valence-corrected chi connectivity index (χ2v) is 7.70. The number of nitrogens with one attached hydrogen (secondary N) is 1. The Balaban J connectivity index is 2.09. The van der Waals surface area contributed by atoms with Crippen molar-refractivity contribution in [1.29, 1.82) is 0 Å². The molecule has 0 spiro atoms. The van der Waals surface area contributed by atoms with E-state index in [1.54, 1.807) is 0 Å². The van der Waals surface area contributed by atoms with E-state index < -0.39 is 21.1 Å². The predicted molar refractivity (Wildman–Crippen MR) is 90.5 cm³/mol. The number of halogens is 1. The summed E-state index contributed by atoms with van der Waals surface area (Å²) < 4.78 is 30.9. The van der Waals surface area contributed by atoms with Crippen LogP contribution in [-0.4, -0.2) is 28.5 Å². The van der Waals surface area contributed by atoms with Crippen LogP contribution in [0.2, 0.25) is 5.02 Å². The number of rotatable bonds is 2. The van der Waals surface area contributed by atoms with Gasteiger partial charge in [-0.3, -0.25) is 4.79 Å². The molecule has 2 aromatic heterocycles. The minimum Gasteiger partial charge on any atom is -0.421 e. The molecule has 132 valence electrons. The Kier molecular flexibility index (Phi) is 3.43. The molecule has 9 nitrogen and oxygen atoms in total. The summed E-state index contributed by atoms with van der Waals surface area (Å²) in [6, 6.07) is 6.49. The summed E-state index contributed by atoms with van der Waals surface area (Å²) in [5.41, 5.74) is -2.19. The normalized spacial score (nSPS) is 12.0. The number of fused-ring (bicyclic) bond motifs is 2. The number of nitrogens with zero attached hydrogens (tertiary/aromatic N) is 2. The maximum absolute atomic E-state index is 13.0. The van der Waals surface area contributed by atoms with Crippen LogP contribution in [0.3, 0.4) is 0 Å². The van der Waals surface area contributed by atoms with Crippen molar-refractivity contribution in [2.45, 2.75) is 9.79 Å². The number of hydrogen-bond donors (Lipinski definition) is 2. The molecular weight excluding hydrogens is 386 g/mol. The van der Waals surface area contributed by atoms with Crippen LogP contribution < -0.4 is 11.2 Å². The van der Waals surface area contributed by atoms with Crippen molar-refractivity contribution in [2.24, 2.45) is 0 Å². The summed E-state index contributed by atoms with van der Waals surface area (Å²) in [6.45, 7) is 0. The van der Waals surface area contributed by atoms with Gasteiger partial charge in [-0.25, -0.2) is 13.2 Å². The molecule has 11 heteroatoms. The molecule has 2 heterocycles. The molecule has 4 rings (SSSR count). The number of sulfone groups is 1. The van der Waals surface area contributed by atoms with Crippen molar-refractivity contribution in [1.82, 2.24) is 14.9 Å². The number of benzene rings is 2. The van der Waals surface area contributed by atoms with Crippen LogP contribution >= 0.6 is 11.6 Å². The van der Waals surface area contributed by atoms with E-state index in [2.05, 4.69) is 10.1 Å². The first kappa shape index (κ1) is 16.4. The Morgan fingerprint density at radius 1 is 1.19 bits per heavy atom. The molecule has 0 saturated carbocycles. The van der Waals surface area contributed by atoms with Gasteiger partial charge in [-0.1, -0.05) is 21.5 Å². The average molecular weight is 394 g/mol. The second-order valence-electron chi connectivity index (χ2n) is 5.37. The highest BCUT2D eigenvalue weighted by Gasteiger charge is 2.24. The smallest absolute Gasteiger partial charge is 0.362 e. The van der Waals surface area contributed by atoms with Gasteiger partial charge in [-0.05, 0) is 30.3 Å². The summed E-state index contributed by atoms with van der Waals surface area (Å²) in [5, 5.41) is 13.1. The molecule has 2 aromatic carbocycles.